The van der Waals surface area contributed by atoms with Gasteiger partial charge in [0.1, 0.15) is 11.6 Å². The molecular formula is C21H27FN4O3S. The highest BCUT2D eigenvalue weighted by Gasteiger charge is 2.33. The lowest BCUT2D eigenvalue weighted by Crippen LogP contribution is -2.38. The monoisotopic (exact) mass is 434 g/mol. The predicted molar refractivity (Wildman–Crippen MR) is 117 cm³/mol. The Morgan fingerprint density at radius 3 is 2.77 bits per heavy atom. The molecule has 1 aromatic rings. The Morgan fingerprint density at radius 1 is 1.37 bits per heavy atom. The fourth-order valence-corrected chi connectivity index (χ4v) is 4.47. The molecule has 2 aliphatic rings. The smallest absolute Gasteiger partial charge is 0.409 e. The van der Waals surface area contributed by atoms with Crippen molar-refractivity contribution in [2.24, 2.45) is 4.99 Å². The molecule has 0 aromatic heterocycles. The van der Waals surface area contributed by atoms with E-state index in [1.807, 2.05) is 0 Å². The number of ether oxygens (including phenoxy) is 1. The van der Waals surface area contributed by atoms with Crippen LogP contribution in [0.4, 0.5) is 9.18 Å². The summed E-state index contributed by atoms with van der Waals surface area (Å²) >= 11 is 1.30. The van der Waals surface area contributed by atoms with E-state index >= 15 is 0 Å². The molecule has 1 unspecified atom stereocenters. The molecule has 1 saturated heterocycles. The van der Waals surface area contributed by atoms with Crippen molar-refractivity contribution in [3.05, 3.63) is 34.5 Å². The third-order valence-corrected chi connectivity index (χ3v) is 6.24. The Hall–Kier alpha value is -2.39. The van der Waals surface area contributed by atoms with Crippen molar-refractivity contribution in [2.45, 2.75) is 26.3 Å². The van der Waals surface area contributed by atoms with Gasteiger partial charge in [-0.25, -0.2) is 9.18 Å². The van der Waals surface area contributed by atoms with Gasteiger partial charge in [0.25, 0.3) is 5.91 Å². The molecule has 0 bridgehead atoms. The van der Waals surface area contributed by atoms with E-state index < -0.39 is 11.9 Å². The molecule has 1 atom stereocenters. The number of hydrogen-bond acceptors (Lipinski definition) is 6. The second-order valence-corrected chi connectivity index (χ2v) is 8.37. The highest BCUT2D eigenvalue weighted by molar-refractivity contribution is 8.18. The summed E-state index contributed by atoms with van der Waals surface area (Å²) in [5.41, 5.74) is 0.446. The van der Waals surface area contributed by atoms with E-state index in [9.17, 15) is 14.0 Å². The molecule has 2 amide bonds. The van der Waals surface area contributed by atoms with Gasteiger partial charge in [0.2, 0.25) is 0 Å². The number of nitrogens with zero attached hydrogens (tertiary/aromatic N) is 4. The number of amidine groups is 1. The second kappa shape index (κ2) is 9.61. The van der Waals surface area contributed by atoms with Crippen LogP contribution in [0.5, 0.6) is 5.75 Å². The van der Waals surface area contributed by atoms with Crippen molar-refractivity contribution in [3.63, 3.8) is 0 Å². The van der Waals surface area contributed by atoms with Crippen molar-refractivity contribution in [2.75, 3.05) is 40.3 Å². The SMILES string of the molecule is CCN(CC)C1CCN(C2=NC(=O)/C(=C/c3ccc(F)cc3OC(=O)N(C)C)S2)C1. The zero-order valence-electron chi connectivity index (χ0n) is 17.7. The first-order valence-electron chi connectivity index (χ1n) is 10.0. The van der Waals surface area contributed by atoms with Crippen LogP contribution in [0.1, 0.15) is 25.8 Å². The van der Waals surface area contributed by atoms with Crippen LogP contribution in [-0.2, 0) is 4.79 Å². The maximum atomic E-state index is 13.7. The molecule has 162 valence electrons. The van der Waals surface area contributed by atoms with Crippen LogP contribution in [0.15, 0.2) is 28.1 Å². The van der Waals surface area contributed by atoms with E-state index in [2.05, 4.69) is 28.6 Å². The van der Waals surface area contributed by atoms with Gasteiger partial charge in [-0.2, -0.15) is 4.99 Å². The Balaban J connectivity index is 1.75. The largest absolute Gasteiger partial charge is 0.414 e. The summed E-state index contributed by atoms with van der Waals surface area (Å²) in [6.07, 6.45) is 2.01. The van der Waals surface area contributed by atoms with Crippen LogP contribution < -0.4 is 4.74 Å². The lowest BCUT2D eigenvalue weighted by molar-refractivity contribution is -0.113. The molecule has 2 aliphatic heterocycles. The number of carbonyl (C=O) groups is 2. The minimum atomic E-state index is -0.623. The first kappa shape index (κ1) is 22.3. The minimum absolute atomic E-state index is 0.0609. The fourth-order valence-electron chi connectivity index (χ4n) is 3.53. The molecule has 30 heavy (non-hydrogen) atoms. The standard InChI is InChI=1S/C21H27FN4O3S/c1-5-25(6-2)16-9-10-26(13-16)20-23-19(27)18(30-20)11-14-7-8-15(22)12-17(14)29-21(28)24(3)4/h7-8,11-12,16H,5-6,9-10,13H2,1-4H3/b18-11-. The number of carbonyl (C=O) groups excluding carboxylic acids is 2. The van der Waals surface area contributed by atoms with Gasteiger partial charge in [0.05, 0.1) is 4.91 Å². The Labute approximate surface area is 180 Å². The lowest BCUT2D eigenvalue weighted by atomic mass is 10.2. The molecule has 0 saturated carbocycles. The molecular weight excluding hydrogens is 407 g/mol. The Morgan fingerprint density at radius 2 is 2.10 bits per heavy atom. The van der Waals surface area contributed by atoms with Gasteiger partial charge in [0, 0.05) is 44.9 Å². The Bertz CT molecular complexity index is 883. The van der Waals surface area contributed by atoms with Gasteiger partial charge in [-0.15, -0.1) is 0 Å². The van der Waals surface area contributed by atoms with Crippen LogP contribution in [-0.4, -0.2) is 78.2 Å². The third-order valence-electron chi connectivity index (χ3n) is 5.20. The van der Waals surface area contributed by atoms with Crippen LogP contribution in [0.3, 0.4) is 0 Å². The zero-order chi connectivity index (χ0) is 21.8. The molecule has 2 heterocycles. The van der Waals surface area contributed by atoms with Gasteiger partial charge in [-0.05, 0) is 49.5 Å². The number of thioether (sulfide) groups is 1. The first-order chi connectivity index (χ1) is 14.3. The Kier molecular flexibility index (Phi) is 7.14. The lowest BCUT2D eigenvalue weighted by Gasteiger charge is -2.26. The molecule has 9 heteroatoms. The number of amides is 2. The average Bonchev–Trinajstić information content (AvgIpc) is 3.32. The van der Waals surface area contributed by atoms with Crippen molar-refractivity contribution >= 4 is 35.0 Å². The summed E-state index contributed by atoms with van der Waals surface area (Å²) < 4.78 is 18.9. The quantitative estimate of drug-likeness (QED) is 0.663. The summed E-state index contributed by atoms with van der Waals surface area (Å²) in [6.45, 7) is 8.01. The molecule has 0 spiro atoms. The van der Waals surface area contributed by atoms with Gasteiger partial charge in [0.15, 0.2) is 5.17 Å². The summed E-state index contributed by atoms with van der Waals surface area (Å²) in [4.78, 5) is 34.8. The number of likely N-dealkylation sites (tertiary alicyclic amines) is 1. The summed E-state index contributed by atoms with van der Waals surface area (Å²) in [6, 6.07) is 4.34. The highest BCUT2D eigenvalue weighted by atomic mass is 32.2. The van der Waals surface area contributed by atoms with Gasteiger partial charge in [-0.3, -0.25) is 9.69 Å². The topological polar surface area (TPSA) is 65.5 Å². The molecule has 3 rings (SSSR count). The highest BCUT2D eigenvalue weighted by Crippen LogP contribution is 2.34. The van der Waals surface area contributed by atoms with E-state index in [0.717, 1.165) is 38.7 Å². The summed E-state index contributed by atoms with van der Waals surface area (Å²) in [7, 11) is 3.08. The zero-order valence-corrected chi connectivity index (χ0v) is 18.5. The van der Waals surface area contributed by atoms with E-state index in [0.29, 0.717) is 21.7 Å². The molecule has 0 radical (unpaired) electrons. The number of hydrogen-bond donors (Lipinski definition) is 0. The summed E-state index contributed by atoms with van der Waals surface area (Å²) in [5.74, 6) is -0.804. The first-order valence-corrected chi connectivity index (χ1v) is 10.8. The van der Waals surface area contributed by atoms with E-state index in [4.69, 9.17) is 4.74 Å². The van der Waals surface area contributed by atoms with Crippen LogP contribution in [0.2, 0.25) is 0 Å². The van der Waals surface area contributed by atoms with Gasteiger partial charge < -0.3 is 14.5 Å². The maximum absolute atomic E-state index is 13.7. The van der Waals surface area contributed by atoms with Crippen molar-refractivity contribution in [3.8, 4) is 5.75 Å². The maximum Gasteiger partial charge on any atom is 0.414 e. The fraction of sp³-hybridized carbons (Fsp3) is 0.476. The van der Waals surface area contributed by atoms with E-state index in [1.54, 1.807) is 6.08 Å². The van der Waals surface area contributed by atoms with E-state index in [-0.39, 0.29) is 11.7 Å². The predicted octanol–water partition coefficient (Wildman–Crippen LogP) is 3.27. The van der Waals surface area contributed by atoms with Crippen LogP contribution in [0.25, 0.3) is 6.08 Å². The summed E-state index contributed by atoms with van der Waals surface area (Å²) in [5, 5.41) is 0.690. The van der Waals surface area contributed by atoms with Crippen LogP contribution in [0, 0.1) is 5.82 Å². The number of halogens is 1. The van der Waals surface area contributed by atoms with Crippen LogP contribution >= 0.6 is 11.8 Å². The number of rotatable bonds is 5. The molecule has 0 N–H and O–H groups in total. The molecule has 1 aromatic carbocycles. The molecule has 7 nitrogen and oxygen atoms in total. The average molecular weight is 435 g/mol. The van der Waals surface area contributed by atoms with Crippen molar-refractivity contribution in [1.82, 2.24) is 14.7 Å². The number of benzene rings is 1. The van der Waals surface area contributed by atoms with Gasteiger partial charge in [-0.1, -0.05) is 13.8 Å². The third kappa shape index (κ3) is 5.02. The van der Waals surface area contributed by atoms with Crippen molar-refractivity contribution in [1.29, 1.82) is 0 Å². The number of aliphatic imine (C=N–C) groups is 1. The molecule has 1 fully saturated rings. The van der Waals surface area contributed by atoms with E-state index in [1.165, 1.54) is 42.9 Å². The van der Waals surface area contributed by atoms with Gasteiger partial charge >= 0.3 is 6.09 Å². The number of likely N-dealkylation sites (N-methyl/N-ethyl adjacent to an activating group) is 1. The van der Waals surface area contributed by atoms with Crippen molar-refractivity contribution < 1.29 is 18.7 Å². The second-order valence-electron chi connectivity index (χ2n) is 7.36. The minimum Gasteiger partial charge on any atom is -0.409 e. The molecule has 0 aliphatic carbocycles. The normalized spacial score (nSPS) is 20.3.